The molecule has 3 unspecified atom stereocenters. The van der Waals surface area contributed by atoms with Crippen molar-refractivity contribution in [2.45, 2.75) is 24.7 Å². The molecule has 0 aliphatic heterocycles. The fourth-order valence-corrected chi connectivity index (χ4v) is 1.89. The minimum Gasteiger partial charge on any atom is -0.484 e. The topological polar surface area (TPSA) is 38.7 Å². The highest BCUT2D eigenvalue weighted by molar-refractivity contribution is 6.30. The van der Waals surface area contributed by atoms with Crippen molar-refractivity contribution in [2.24, 2.45) is 0 Å². The Morgan fingerprint density at radius 2 is 2.25 bits per heavy atom. The standard InChI is InChI=1S/C11H12ClFO3/c1-15-11-7(14)5-9(11)16-8-4-2-3-6(12)10(8)13/h2-4,7,9,11,14H,5H2,1H3. The highest BCUT2D eigenvalue weighted by Gasteiger charge is 2.42. The number of rotatable bonds is 3. The number of halogens is 2. The van der Waals surface area contributed by atoms with E-state index in [1.807, 2.05) is 0 Å². The summed E-state index contributed by atoms with van der Waals surface area (Å²) in [4.78, 5) is 0. The second kappa shape index (κ2) is 4.57. The molecule has 1 saturated carbocycles. The van der Waals surface area contributed by atoms with Gasteiger partial charge in [0.1, 0.15) is 12.2 Å². The van der Waals surface area contributed by atoms with E-state index < -0.39 is 18.0 Å². The van der Waals surface area contributed by atoms with Gasteiger partial charge in [-0.2, -0.15) is 0 Å². The minimum atomic E-state index is -0.583. The Labute approximate surface area is 97.7 Å². The van der Waals surface area contributed by atoms with Crippen molar-refractivity contribution in [2.75, 3.05) is 7.11 Å². The molecule has 3 atom stereocenters. The molecule has 0 amide bonds. The molecule has 1 fully saturated rings. The van der Waals surface area contributed by atoms with Gasteiger partial charge in [0, 0.05) is 13.5 Å². The summed E-state index contributed by atoms with van der Waals surface area (Å²) in [6.07, 6.45) is -0.839. The van der Waals surface area contributed by atoms with Crippen molar-refractivity contribution in [3.05, 3.63) is 29.0 Å². The number of benzene rings is 1. The average Bonchev–Trinajstić information content (AvgIpc) is 2.24. The Bertz CT molecular complexity index is 385. The SMILES string of the molecule is COC1C(O)CC1Oc1cccc(Cl)c1F. The van der Waals surface area contributed by atoms with Crippen LogP contribution in [0.3, 0.4) is 0 Å². The maximum Gasteiger partial charge on any atom is 0.183 e. The number of aliphatic hydroxyl groups is 1. The first-order chi connectivity index (χ1) is 7.63. The van der Waals surface area contributed by atoms with E-state index >= 15 is 0 Å². The van der Waals surface area contributed by atoms with E-state index in [0.29, 0.717) is 6.42 Å². The van der Waals surface area contributed by atoms with Gasteiger partial charge in [-0.25, -0.2) is 4.39 Å². The fraction of sp³-hybridized carbons (Fsp3) is 0.455. The first kappa shape index (κ1) is 11.6. The van der Waals surface area contributed by atoms with E-state index in [9.17, 15) is 9.50 Å². The molecule has 1 aromatic rings. The third-order valence-electron chi connectivity index (χ3n) is 2.69. The molecule has 0 radical (unpaired) electrons. The van der Waals surface area contributed by atoms with Crippen LogP contribution in [0.25, 0.3) is 0 Å². The minimum absolute atomic E-state index is 0.0198. The maximum absolute atomic E-state index is 13.5. The van der Waals surface area contributed by atoms with Crippen LogP contribution in [-0.4, -0.2) is 30.5 Å². The number of methoxy groups -OCH3 is 1. The summed E-state index contributed by atoms with van der Waals surface area (Å²) in [5, 5.41) is 9.37. The molecule has 0 bridgehead atoms. The van der Waals surface area contributed by atoms with Gasteiger partial charge in [0.25, 0.3) is 0 Å². The molecule has 5 heteroatoms. The zero-order valence-electron chi connectivity index (χ0n) is 8.69. The van der Waals surface area contributed by atoms with Crippen LogP contribution in [0.1, 0.15) is 6.42 Å². The molecule has 1 N–H and O–H groups in total. The summed E-state index contributed by atoms with van der Waals surface area (Å²) in [6, 6.07) is 4.56. The van der Waals surface area contributed by atoms with Crippen molar-refractivity contribution in [3.63, 3.8) is 0 Å². The highest BCUT2D eigenvalue weighted by Crippen LogP contribution is 2.31. The number of hydrogen-bond acceptors (Lipinski definition) is 3. The lowest BCUT2D eigenvalue weighted by molar-refractivity contribution is -0.149. The van der Waals surface area contributed by atoms with Gasteiger partial charge < -0.3 is 14.6 Å². The van der Waals surface area contributed by atoms with Crippen LogP contribution in [0.4, 0.5) is 4.39 Å². The summed E-state index contributed by atoms with van der Waals surface area (Å²) < 4.78 is 23.9. The molecule has 1 aliphatic carbocycles. The lowest BCUT2D eigenvalue weighted by Crippen LogP contribution is -2.54. The normalized spacial score (nSPS) is 28.6. The smallest absolute Gasteiger partial charge is 0.183 e. The van der Waals surface area contributed by atoms with Crippen molar-refractivity contribution in [3.8, 4) is 5.75 Å². The molecule has 0 spiro atoms. The first-order valence-corrected chi connectivity index (χ1v) is 5.33. The first-order valence-electron chi connectivity index (χ1n) is 4.95. The molecular formula is C11H12ClFO3. The van der Waals surface area contributed by atoms with Crippen LogP contribution in [0.15, 0.2) is 18.2 Å². The molecular weight excluding hydrogens is 235 g/mol. The zero-order chi connectivity index (χ0) is 11.7. The Hall–Kier alpha value is -0.840. The Morgan fingerprint density at radius 1 is 1.50 bits per heavy atom. The van der Waals surface area contributed by atoms with Crippen LogP contribution >= 0.6 is 11.6 Å². The maximum atomic E-state index is 13.5. The third-order valence-corrected chi connectivity index (χ3v) is 2.98. The van der Waals surface area contributed by atoms with E-state index in [-0.39, 0.29) is 16.9 Å². The van der Waals surface area contributed by atoms with E-state index in [4.69, 9.17) is 21.1 Å². The van der Waals surface area contributed by atoms with Crippen molar-refractivity contribution >= 4 is 11.6 Å². The summed E-state index contributed by atoms with van der Waals surface area (Å²) in [6.45, 7) is 0. The van der Waals surface area contributed by atoms with Crippen molar-refractivity contribution in [1.82, 2.24) is 0 Å². The van der Waals surface area contributed by atoms with Gasteiger partial charge in [-0.3, -0.25) is 0 Å². The predicted molar refractivity (Wildman–Crippen MR) is 57.2 cm³/mol. The molecule has 1 aliphatic rings. The molecule has 2 rings (SSSR count). The van der Waals surface area contributed by atoms with Gasteiger partial charge in [-0.05, 0) is 12.1 Å². The van der Waals surface area contributed by atoms with E-state index in [1.165, 1.54) is 19.2 Å². The van der Waals surface area contributed by atoms with Crippen LogP contribution in [0.2, 0.25) is 5.02 Å². The summed E-state index contributed by atoms with van der Waals surface area (Å²) in [7, 11) is 1.48. The molecule has 88 valence electrons. The van der Waals surface area contributed by atoms with Gasteiger partial charge in [0.15, 0.2) is 11.6 Å². The van der Waals surface area contributed by atoms with Crippen molar-refractivity contribution < 1.29 is 19.0 Å². The summed E-state index contributed by atoms with van der Waals surface area (Å²) in [5.41, 5.74) is 0. The van der Waals surface area contributed by atoms with Gasteiger partial charge in [0.05, 0.1) is 11.1 Å². The lowest BCUT2D eigenvalue weighted by atomic mass is 9.88. The molecule has 0 heterocycles. The monoisotopic (exact) mass is 246 g/mol. The Kier molecular flexibility index (Phi) is 3.33. The van der Waals surface area contributed by atoms with E-state index in [1.54, 1.807) is 6.07 Å². The summed E-state index contributed by atoms with van der Waals surface area (Å²) >= 11 is 5.62. The average molecular weight is 247 g/mol. The molecule has 16 heavy (non-hydrogen) atoms. The molecule has 1 aromatic carbocycles. The Morgan fingerprint density at radius 3 is 2.88 bits per heavy atom. The zero-order valence-corrected chi connectivity index (χ0v) is 9.45. The Balaban J connectivity index is 2.07. The van der Waals surface area contributed by atoms with Gasteiger partial charge >= 0.3 is 0 Å². The number of aliphatic hydroxyl groups excluding tert-OH is 1. The van der Waals surface area contributed by atoms with Crippen molar-refractivity contribution in [1.29, 1.82) is 0 Å². The predicted octanol–water partition coefficient (Wildman–Crippen LogP) is 2.01. The van der Waals surface area contributed by atoms with Gasteiger partial charge in [-0.1, -0.05) is 17.7 Å². The second-order valence-electron chi connectivity index (χ2n) is 3.71. The number of hydrogen-bond donors (Lipinski definition) is 1. The molecule has 0 saturated heterocycles. The highest BCUT2D eigenvalue weighted by atomic mass is 35.5. The summed E-state index contributed by atoms with van der Waals surface area (Å²) in [5.74, 6) is -0.494. The quantitative estimate of drug-likeness (QED) is 0.887. The van der Waals surface area contributed by atoms with E-state index in [2.05, 4.69) is 0 Å². The second-order valence-corrected chi connectivity index (χ2v) is 4.12. The lowest BCUT2D eigenvalue weighted by Gasteiger charge is -2.39. The van der Waals surface area contributed by atoms with Crippen LogP contribution in [0, 0.1) is 5.82 Å². The third kappa shape index (κ3) is 2.00. The molecule has 0 aromatic heterocycles. The van der Waals surface area contributed by atoms with Crippen LogP contribution < -0.4 is 4.74 Å². The fourth-order valence-electron chi connectivity index (χ4n) is 1.72. The van der Waals surface area contributed by atoms with Crippen LogP contribution in [-0.2, 0) is 4.74 Å². The van der Waals surface area contributed by atoms with Gasteiger partial charge in [-0.15, -0.1) is 0 Å². The van der Waals surface area contributed by atoms with Crippen LogP contribution in [0.5, 0.6) is 5.75 Å². The number of ether oxygens (including phenoxy) is 2. The molecule has 3 nitrogen and oxygen atoms in total. The van der Waals surface area contributed by atoms with Gasteiger partial charge in [0.2, 0.25) is 0 Å². The van der Waals surface area contributed by atoms with E-state index in [0.717, 1.165) is 0 Å². The largest absolute Gasteiger partial charge is 0.484 e.